The fourth-order valence-corrected chi connectivity index (χ4v) is 6.76. The Morgan fingerprint density at radius 1 is 0.625 bits per heavy atom. The van der Waals surface area contributed by atoms with Gasteiger partial charge in [-0.05, 0) is 36.2 Å². The first kappa shape index (κ1) is 24.5. The van der Waals surface area contributed by atoms with Crippen molar-refractivity contribution >= 4 is 17.9 Å². The number of hydrogen-bond donors (Lipinski definition) is 1. The van der Waals surface area contributed by atoms with Gasteiger partial charge in [0, 0.05) is 16.7 Å². The molecule has 0 spiro atoms. The van der Waals surface area contributed by atoms with E-state index < -0.39 is 7.29 Å². The maximum Gasteiger partial charge on any atom is 0.205 e. The molecule has 3 heteroatoms. The van der Waals surface area contributed by atoms with Crippen molar-refractivity contribution in [2.75, 3.05) is 0 Å². The second-order valence-electron chi connectivity index (χ2n) is 8.64. The zero-order valence-corrected chi connectivity index (χ0v) is 20.4. The van der Waals surface area contributed by atoms with Crippen LogP contribution in [0.3, 0.4) is 0 Å². The SMILES string of the molecule is CCCCCCCCCC[C@H](NP(=O)(c1ccccc1)c1ccccc1)c1ccccc1. The lowest BCUT2D eigenvalue weighted by molar-refractivity contribution is 0.508. The molecule has 0 bridgehead atoms. The van der Waals surface area contributed by atoms with Crippen molar-refractivity contribution in [1.82, 2.24) is 5.09 Å². The molecule has 3 aromatic carbocycles. The second kappa shape index (κ2) is 13.4. The van der Waals surface area contributed by atoms with Gasteiger partial charge < -0.3 is 0 Å². The summed E-state index contributed by atoms with van der Waals surface area (Å²) in [5.74, 6) is 0. The topological polar surface area (TPSA) is 29.1 Å². The van der Waals surface area contributed by atoms with Crippen molar-refractivity contribution in [1.29, 1.82) is 0 Å². The lowest BCUT2D eigenvalue weighted by Crippen LogP contribution is -2.30. The van der Waals surface area contributed by atoms with Crippen LogP contribution in [0, 0.1) is 0 Å². The van der Waals surface area contributed by atoms with Crippen molar-refractivity contribution in [3.05, 3.63) is 96.6 Å². The summed E-state index contributed by atoms with van der Waals surface area (Å²) in [6.07, 6.45) is 11.4. The van der Waals surface area contributed by atoms with Crippen molar-refractivity contribution in [3.8, 4) is 0 Å². The molecule has 0 saturated carbocycles. The Labute approximate surface area is 194 Å². The highest BCUT2D eigenvalue weighted by molar-refractivity contribution is 7.76. The van der Waals surface area contributed by atoms with Gasteiger partial charge in [-0.3, -0.25) is 9.65 Å². The van der Waals surface area contributed by atoms with Crippen LogP contribution in [0.1, 0.15) is 76.3 Å². The van der Waals surface area contributed by atoms with Crippen molar-refractivity contribution in [2.24, 2.45) is 0 Å². The first-order valence-electron chi connectivity index (χ1n) is 12.3. The Balaban J connectivity index is 1.74. The van der Waals surface area contributed by atoms with Gasteiger partial charge in [-0.25, -0.2) is 0 Å². The molecule has 0 fully saturated rings. The zero-order valence-electron chi connectivity index (χ0n) is 19.5. The summed E-state index contributed by atoms with van der Waals surface area (Å²) in [6.45, 7) is 2.26. The normalized spacial score (nSPS) is 12.5. The Bertz CT molecular complexity index is 884. The number of hydrogen-bond acceptors (Lipinski definition) is 1. The van der Waals surface area contributed by atoms with E-state index in [1.807, 2.05) is 66.7 Å². The second-order valence-corrected chi connectivity index (χ2v) is 11.1. The highest BCUT2D eigenvalue weighted by Gasteiger charge is 2.30. The highest BCUT2D eigenvalue weighted by atomic mass is 31.2. The van der Waals surface area contributed by atoms with E-state index in [4.69, 9.17) is 0 Å². The summed E-state index contributed by atoms with van der Waals surface area (Å²) in [5, 5.41) is 5.38. The maximum absolute atomic E-state index is 14.5. The molecule has 1 N–H and O–H groups in total. The van der Waals surface area contributed by atoms with Crippen LogP contribution < -0.4 is 15.7 Å². The van der Waals surface area contributed by atoms with Crippen molar-refractivity contribution in [2.45, 2.75) is 70.8 Å². The summed E-state index contributed by atoms with van der Waals surface area (Å²) in [6, 6.07) is 30.4. The minimum absolute atomic E-state index is 0.0579. The fraction of sp³-hybridized carbons (Fsp3) is 0.379. The Hall–Kier alpha value is -2.15. The molecule has 0 amide bonds. The molecule has 3 rings (SSSR count). The largest absolute Gasteiger partial charge is 0.297 e. The molecule has 0 aliphatic heterocycles. The number of rotatable bonds is 14. The molecular formula is C29H38NOP. The van der Waals surface area contributed by atoms with Crippen LogP contribution in [0.15, 0.2) is 91.0 Å². The smallest absolute Gasteiger partial charge is 0.205 e. The molecule has 3 aromatic rings. The molecule has 0 unspecified atom stereocenters. The molecular weight excluding hydrogens is 409 g/mol. The Morgan fingerprint density at radius 2 is 1.06 bits per heavy atom. The first-order chi connectivity index (χ1) is 15.7. The van der Waals surface area contributed by atoms with Gasteiger partial charge in [0.1, 0.15) is 0 Å². The van der Waals surface area contributed by atoms with Gasteiger partial charge in [0.25, 0.3) is 0 Å². The van der Waals surface area contributed by atoms with Crippen LogP contribution in [-0.4, -0.2) is 0 Å². The molecule has 170 valence electrons. The van der Waals surface area contributed by atoms with Crippen molar-refractivity contribution < 1.29 is 4.57 Å². The van der Waals surface area contributed by atoms with Crippen molar-refractivity contribution in [3.63, 3.8) is 0 Å². The van der Waals surface area contributed by atoms with E-state index in [1.165, 1.54) is 50.5 Å². The molecule has 0 radical (unpaired) electrons. The van der Waals surface area contributed by atoms with E-state index >= 15 is 0 Å². The summed E-state index contributed by atoms with van der Waals surface area (Å²) >= 11 is 0. The van der Waals surface area contributed by atoms with E-state index in [-0.39, 0.29) is 6.04 Å². The molecule has 0 heterocycles. The average Bonchev–Trinajstić information content (AvgIpc) is 2.86. The predicted octanol–water partition coefficient (Wildman–Crippen LogP) is 7.78. The number of benzene rings is 3. The van der Waals surface area contributed by atoms with Gasteiger partial charge in [0.15, 0.2) is 0 Å². The van der Waals surface area contributed by atoms with E-state index in [0.717, 1.165) is 23.5 Å². The Kier molecular flexibility index (Phi) is 10.3. The summed E-state index contributed by atoms with van der Waals surface area (Å²) < 4.78 is 14.5. The third-order valence-electron chi connectivity index (χ3n) is 6.13. The van der Waals surface area contributed by atoms with Gasteiger partial charge in [0.2, 0.25) is 7.29 Å². The van der Waals surface area contributed by atoms with E-state index in [0.29, 0.717) is 0 Å². The van der Waals surface area contributed by atoms with Gasteiger partial charge >= 0.3 is 0 Å². The van der Waals surface area contributed by atoms with Gasteiger partial charge in [-0.15, -0.1) is 0 Å². The molecule has 1 atom stereocenters. The minimum Gasteiger partial charge on any atom is -0.297 e. The molecule has 0 aliphatic rings. The lowest BCUT2D eigenvalue weighted by atomic mass is 10.0. The molecule has 0 saturated heterocycles. The molecule has 2 nitrogen and oxygen atoms in total. The number of nitrogens with one attached hydrogen (secondary N) is 1. The third kappa shape index (κ3) is 7.19. The van der Waals surface area contributed by atoms with Crippen LogP contribution in [0.25, 0.3) is 0 Å². The molecule has 32 heavy (non-hydrogen) atoms. The Morgan fingerprint density at radius 3 is 1.56 bits per heavy atom. The summed E-state index contributed by atoms with van der Waals surface area (Å²) in [4.78, 5) is 0. The summed E-state index contributed by atoms with van der Waals surface area (Å²) in [5.41, 5.74) is 1.21. The van der Waals surface area contributed by atoms with Gasteiger partial charge in [0.05, 0.1) is 0 Å². The lowest BCUT2D eigenvalue weighted by Gasteiger charge is -2.27. The summed E-state index contributed by atoms with van der Waals surface area (Å²) in [7, 11) is -2.97. The average molecular weight is 448 g/mol. The minimum atomic E-state index is -2.97. The zero-order chi connectivity index (χ0) is 22.5. The maximum atomic E-state index is 14.5. The quantitative estimate of drug-likeness (QED) is 0.202. The van der Waals surface area contributed by atoms with Crippen LogP contribution >= 0.6 is 7.29 Å². The van der Waals surface area contributed by atoms with Crippen LogP contribution in [0.5, 0.6) is 0 Å². The van der Waals surface area contributed by atoms with Crippen LogP contribution in [0.2, 0.25) is 0 Å². The van der Waals surface area contributed by atoms with Gasteiger partial charge in [-0.1, -0.05) is 125 Å². The highest BCUT2D eigenvalue weighted by Crippen LogP contribution is 2.42. The predicted molar refractivity (Wildman–Crippen MR) is 139 cm³/mol. The molecule has 0 aromatic heterocycles. The number of unbranched alkanes of at least 4 members (excludes halogenated alkanes) is 7. The fourth-order valence-electron chi connectivity index (χ4n) is 4.27. The molecule has 0 aliphatic carbocycles. The third-order valence-corrected chi connectivity index (χ3v) is 8.85. The van der Waals surface area contributed by atoms with Gasteiger partial charge in [-0.2, -0.15) is 0 Å². The first-order valence-corrected chi connectivity index (χ1v) is 14.0. The monoisotopic (exact) mass is 447 g/mol. The standard InChI is InChI=1S/C29H38NOP/c1-2-3-4-5-6-7-8-18-25-29(26-19-12-9-13-20-26)30-32(31,27-21-14-10-15-22-27)28-23-16-11-17-24-28/h9-17,19-24,29H,2-8,18,25H2,1H3,(H,30,31)/t29-/m0/s1. The van der Waals surface area contributed by atoms with E-state index in [2.05, 4.69) is 36.3 Å². The van der Waals surface area contributed by atoms with Crippen LogP contribution in [0.4, 0.5) is 0 Å². The van der Waals surface area contributed by atoms with E-state index in [1.54, 1.807) is 0 Å². The van der Waals surface area contributed by atoms with E-state index in [9.17, 15) is 4.57 Å². The van der Waals surface area contributed by atoms with Crippen LogP contribution in [-0.2, 0) is 4.57 Å².